The van der Waals surface area contributed by atoms with Gasteiger partial charge in [-0.05, 0) is 65.9 Å². The van der Waals surface area contributed by atoms with Crippen molar-refractivity contribution in [3.63, 3.8) is 0 Å². The number of fused-ring (bicyclic) bond motifs is 1. The van der Waals surface area contributed by atoms with Crippen molar-refractivity contribution in [1.82, 2.24) is 0 Å². The SMILES string of the molecule is CC1(COc2cccc(C(=CC=CC(=O)Nc3cccc4c3CC(O)C(=O)N4)c3ccc(C(F)(F)F)cc3)c2)CC1. The number of ether oxygens (including phenoxy) is 1. The molecule has 5 rings (SSSR count). The van der Waals surface area contributed by atoms with Crippen molar-refractivity contribution < 1.29 is 32.6 Å². The fraction of sp³-hybridized carbons (Fsp3) is 0.250. The number of halogens is 3. The molecule has 212 valence electrons. The monoisotopic (exact) mass is 562 g/mol. The van der Waals surface area contributed by atoms with Crippen molar-refractivity contribution in [1.29, 1.82) is 0 Å². The summed E-state index contributed by atoms with van der Waals surface area (Å²) in [5.74, 6) is -0.307. The highest BCUT2D eigenvalue weighted by Gasteiger charge is 2.38. The number of carbonyl (C=O) groups is 2. The van der Waals surface area contributed by atoms with Gasteiger partial charge in [-0.2, -0.15) is 13.2 Å². The van der Waals surface area contributed by atoms with E-state index in [0.29, 0.717) is 40.4 Å². The van der Waals surface area contributed by atoms with Gasteiger partial charge in [0.2, 0.25) is 5.91 Å². The van der Waals surface area contributed by atoms with Crippen LogP contribution in [0.3, 0.4) is 0 Å². The number of alkyl halides is 3. The molecule has 6 nitrogen and oxygen atoms in total. The highest BCUT2D eigenvalue weighted by molar-refractivity contribution is 6.03. The molecule has 0 aromatic heterocycles. The lowest BCUT2D eigenvalue weighted by Crippen LogP contribution is -2.34. The van der Waals surface area contributed by atoms with E-state index >= 15 is 0 Å². The minimum Gasteiger partial charge on any atom is -0.493 e. The Bertz CT molecular complexity index is 1520. The fourth-order valence-electron chi connectivity index (χ4n) is 4.52. The summed E-state index contributed by atoms with van der Waals surface area (Å²) in [7, 11) is 0. The van der Waals surface area contributed by atoms with Gasteiger partial charge in [0.15, 0.2) is 0 Å². The minimum absolute atomic E-state index is 0.0663. The van der Waals surface area contributed by atoms with Gasteiger partial charge in [0, 0.05) is 34.9 Å². The first-order valence-corrected chi connectivity index (χ1v) is 13.2. The van der Waals surface area contributed by atoms with Gasteiger partial charge in [-0.1, -0.05) is 49.4 Å². The lowest BCUT2D eigenvalue weighted by molar-refractivity contribution is -0.137. The molecule has 1 aliphatic heterocycles. The molecule has 0 radical (unpaired) electrons. The highest BCUT2D eigenvalue weighted by atomic mass is 19.4. The van der Waals surface area contributed by atoms with Crippen molar-refractivity contribution >= 4 is 28.8 Å². The number of hydrogen-bond donors (Lipinski definition) is 3. The number of allylic oxidation sites excluding steroid dienone is 2. The van der Waals surface area contributed by atoms with E-state index in [-0.39, 0.29) is 11.8 Å². The molecule has 2 amide bonds. The van der Waals surface area contributed by atoms with Gasteiger partial charge in [0.05, 0.1) is 12.2 Å². The molecule has 41 heavy (non-hydrogen) atoms. The van der Waals surface area contributed by atoms with E-state index in [1.54, 1.807) is 24.3 Å². The molecule has 1 heterocycles. The standard InChI is InChI=1S/C32H29F3N2O4/c1-31(15-16-31)19-41-23-6-2-5-21(17-23)24(20-11-13-22(14-12-20)32(33,34)35)7-3-10-29(39)36-26-8-4-9-27-25(26)18-28(38)30(40)37-27/h2-14,17,28,38H,15-16,18-19H2,1H3,(H,36,39)(H,37,40). The van der Waals surface area contributed by atoms with Crippen LogP contribution in [0.1, 0.15) is 42.0 Å². The normalized spacial score (nSPS) is 18.0. The van der Waals surface area contributed by atoms with Crippen molar-refractivity contribution in [3.05, 3.63) is 107 Å². The van der Waals surface area contributed by atoms with Crippen LogP contribution in [0, 0.1) is 5.41 Å². The molecule has 1 atom stereocenters. The number of rotatable bonds is 8. The van der Waals surface area contributed by atoms with Crippen molar-refractivity contribution in [3.8, 4) is 5.75 Å². The summed E-state index contributed by atoms with van der Waals surface area (Å²) >= 11 is 0. The molecule has 2 aliphatic rings. The second kappa shape index (κ2) is 11.2. The summed E-state index contributed by atoms with van der Waals surface area (Å²) in [4.78, 5) is 24.5. The third kappa shape index (κ3) is 6.86. The molecule has 1 saturated carbocycles. The molecular formula is C32H29F3N2O4. The maximum Gasteiger partial charge on any atom is 0.416 e. The van der Waals surface area contributed by atoms with Crippen LogP contribution in [-0.4, -0.2) is 29.6 Å². The molecule has 3 N–H and O–H groups in total. The predicted molar refractivity (Wildman–Crippen MR) is 150 cm³/mol. The smallest absolute Gasteiger partial charge is 0.416 e. The fourth-order valence-corrected chi connectivity index (χ4v) is 4.52. The molecule has 3 aromatic rings. The van der Waals surface area contributed by atoms with Crippen LogP contribution < -0.4 is 15.4 Å². The van der Waals surface area contributed by atoms with E-state index in [2.05, 4.69) is 17.6 Å². The van der Waals surface area contributed by atoms with Crippen molar-refractivity contribution in [2.45, 2.75) is 38.5 Å². The summed E-state index contributed by atoms with van der Waals surface area (Å²) in [5, 5.41) is 15.3. The Morgan fingerprint density at radius 3 is 2.54 bits per heavy atom. The second-order valence-corrected chi connectivity index (χ2v) is 10.7. The van der Waals surface area contributed by atoms with Crippen LogP contribution >= 0.6 is 0 Å². The average Bonchev–Trinajstić information content (AvgIpc) is 3.68. The van der Waals surface area contributed by atoms with Crippen LogP contribution in [0.2, 0.25) is 0 Å². The van der Waals surface area contributed by atoms with Crippen molar-refractivity contribution in [2.24, 2.45) is 5.41 Å². The van der Waals surface area contributed by atoms with Gasteiger partial charge in [0.25, 0.3) is 5.91 Å². The molecule has 1 aliphatic carbocycles. The van der Waals surface area contributed by atoms with Gasteiger partial charge in [-0.25, -0.2) is 0 Å². The van der Waals surface area contributed by atoms with E-state index in [4.69, 9.17) is 4.74 Å². The number of aliphatic hydroxyl groups is 1. The van der Waals surface area contributed by atoms with Crippen LogP contribution in [-0.2, 0) is 22.2 Å². The third-order valence-electron chi connectivity index (χ3n) is 7.26. The Kier molecular flexibility index (Phi) is 7.73. The number of benzene rings is 3. The number of carbonyl (C=O) groups excluding carboxylic acids is 2. The van der Waals surface area contributed by atoms with E-state index in [9.17, 15) is 27.9 Å². The second-order valence-electron chi connectivity index (χ2n) is 10.7. The zero-order valence-corrected chi connectivity index (χ0v) is 22.3. The maximum atomic E-state index is 13.2. The Morgan fingerprint density at radius 2 is 1.83 bits per heavy atom. The molecule has 1 fully saturated rings. The quantitative estimate of drug-likeness (QED) is 0.220. The van der Waals surface area contributed by atoms with E-state index in [1.807, 2.05) is 24.3 Å². The number of aliphatic hydroxyl groups excluding tert-OH is 1. The maximum absolute atomic E-state index is 13.2. The first-order chi connectivity index (χ1) is 19.5. The Labute approximate surface area is 235 Å². The van der Waals surface area contributed by atoms with Gasteiger partial charge in [-0.3, -0.25) is 9.59 Å². The Balaban J connectivity index is 1.39. The molecule has 3 aromatic carbocycles. The first-order valence-electron chi connectivity index (χ1n) is 13.2. The Morgan fingerprint density at radius 1 is 1.10 bits per heavy atom. The number of nitrogens with one attached hydrogen (secondary N) is 2. The average molecular weight is 563 g/mol. The van der Waals surface area contributed by atoms with Gasteiger partial charge < -0.3 is 20.5 Å². The molecule has 0 spiro atoms. The molecular weight excluding hydrogens is 533 g/mol. The van der Waals surface area contributed by atoms with Crippen LogP contribution in [0.15, 0.2) is 85.0 Å². The number of amides is 2. The molecule has 1 unspecified atom stereocenters. The molecule has 0 saturated heterocycles. The summed E-state index contributed by atoms with van der Waals surface area (Å²) in [6.07, 6.45) is 1.10. The zero-order chi connectivity index (χ0) is 29.2. The van der Waals surface area contributed by atoms with Gasteiger partial charge >= 0.3 is 6.18 Å². The van der Waals surface area contributed by atoms with Crippen LogP contribution in [0.5, 0.6) is 5.75 Å². The van der Waals surface area contributed by atoms with Crippen molar-refractivity contribution in [2.75, 3.05) is 17.2 Å². The highest BCUT2D eigenvalue weighted by Crippen LogP contribution is 2.45. The lowest BCUT2D eigenvalue weighted by Gasteiger charge is -2.23. The summed E-state index contributed by atoms with van der Waals surface area (Å²) in [5.41, 5.74) is 2.87. The predicted octanol–water partition coefficient (Wildman–Crippen LogP) is 6.37. The summed E-state index contributed by atoms with van der Waals surface area (Å²) < 4.78 is 45.5. The van der Waals surface area contributed by atoms with Gasteiger partial charge in [0.1, 0.15) is 11.9 Å². The van der Waals surface area contributed by atoms with E-state index < -0.39 is 29.7 Å². The summed E-state index contributed by atoms with van der Waals surface area (Å²) in [6.45, 7) is 2.74. The van der Waals surface area contributed by atoms with E-state index in [1.165, 1.54) is 24.3 Å². The van der Waals surface area contributed by atoms with Crippen LogP contribution in [0.25, 0.3) is 5.57 Å². The Hall–Kier alpha value is -4.37. The first kappa shape index (κ1) is 28.2. The largest absolute Gasteiger partial charge is 0.493 e. The molecule has 0 bridgehead atoms. The summed E-state index contributed by atoms with van der Waals surface area (Å²) in [6, 6.07) is 17.2. The lowest BCUT2D eigenvalue weighted by atomic mass is 9.96. The number of anilines is 2. The number of hydrogen-bond acceptors (Lipinski definition) is 4. The van der Waals surface area contributed by atoms with E-state index in [0.717, 1.165) is 30.5 Å². The van der Waals surface area contributed by atoms with Crippen LogP contribution in [0.4, 0.5) is 24.5 Å². The van der Waals surface area contributed by atoms with Gasteiger partial charge in [-0.15, -0.1) is 0 Å². The molecule has 9 heteroatoms. The minimum atomic E-state index is -4.46. The topological polar surface area (TPSA) is 87.7 Å². The third-order valence-corrected chi connectivity index (χ3v) is 7.26. The zero-order valence-electron chi connectivity index (χ0n) is 22.3.